The molecule has 186 valence electrons. The molecule has 0 radical (unpaired) electrons. The van der Waals surface area contributed by atoms with Gasteiger partial charge >= 0.3 is 0 Å². The minimum absolute atomic E-state index is 0.347. The van der Waals surface area contributed by atoms with Crippen LogP contribution in [0, 0.1) is 20.8 Å². The van der Waals surface area contributed by atoms with Crippen LogP contribution in [0.25, 0.3) is 17.0 Å². The molecule has 0 bridgehead atoms. The molecule has 5 rings (SSSR count). The molecular weight excluding hydrogens is 448 g/mol. The Kier molecular flexibility index (Phi) is 6.81. The highest BCUT2D eigenvalue weighted by Crippen LogP contribution is 2.38. The molecule has 1 aliphatic rings. The second kappa shape index (κ2) is 10.2. The summed E-state index contributed by atoms with van der Waals surface area (Å²) in [5.41, 5.74) is 13.1. The Hall–Kier alpha value is -3.61. The summed E-state index contributed by atoms with van der Waals surface area (Å²) in [5, 5.41) is 10.0. The number of nitrogens with one attached hydrogen (secondary N) is 3. The van der Waals surface area contributed by atoms with E-state index in [9.17, 15) is 4.79 Å². The molecule has 0 spiro atoms. The zero-order valence-electron chi connectivity index (χ0n) is 21.2. The maximum absolute atomic E-state index is 11.4. The molecule has 4 N–H and O–H groups in total. The predicted molar refractivity (Wildman–Crippen MR) is 144 cm³/mol. The molecule has 6 nitrogen and oxygen atoms in total. The lowest BCUT2D eigenvalue weighted by Gasteiger charge is -2.30. The Labute approximate surface area is 212 Å². The van der Waals surface area contributed by atoms with E-state index in [1.807, 2.05) is 0 Å². The van der Waals surface area contributed by atoms with Crippen LogP contribution >= 0.6 is 0 Å². The molecule has 1 amide bonds. The van der Waals surface area contributed by atoms with E-state index in [2.05, 4.69) is 84.4 Å². The van der Waals surface area contributed by atoms with Crippen molar-refractivity contribution >= 4 is 22.9 Å². The van der Waals surface area contributed by atoms with Gasteiger partial charge in [0.1, 0.15) is 0 Å². The van der Waals surface area contributed by atoms with Crippen LogP contribution in [0.15, 0.2) is 54.9 Å². The molecule has 2 aromatic carbocycles. The van der Waals surface area contributed by atoms with Crippen LogP contribution in [0.2, 0.25) is 0 Å². The van der Waals surface area contributed by atoms with Gasteiger partial charge in [-0.15, -0.1) is 0 Å². The first-order chi connectivity index (χ1) is 17.4. The van der Waals surface area contributed by atoms with Gasteiger partial charge in [-0.1, -0.05) is 30.3 Å². The van der Waals surface area contributed by atoms with Crippen molar-refractivity contribution in [3.05, 3.63) is 99.5 Å². The highest BCUT2D eigenvalue weighted by molar-refractivity contribution is 5.90. The van der Waals surface area contributed by atoms with E-state index in [0.717, 1.165) is 37.9 Å². The number of amides is 1. The third-order valence-corrected chi connectivity index (χ3v) is 7.58. The van der Waals surface area contributed by atoms with Gasteiger partial charge in [0, 0.05) is 54.2 Å². The number of rotatable bonds is 8. The first kappa shape index (κ1) is 24.1. The number of hydrogen-bond donors (Lipinski definition) is 4. The molecule has 2 heterocycles. The second-order valence-corrected chi connectivity index (χ2v) is 9.98. The third kappa shape index (κ3) is 4.87. The number of hydrogen-bond acceptors (Lipinski definition) is 3. The first-order valence-corrected chi connectivity index (χ1v) is 12.6. The van der Waals surface area contributed by atoms with Crippen molar-refractivity contribution in [2.24, 2.45) is 0 Å². The summed E-state index contributed by atoms with van der Waals surface area (Å²) in [7, 11) is 0. The van der Waals surface area contributed by atoms with Crippen LogP contribution in [0.4, 0.5) is 0 Å². The number of hydroxylamine groups is 1. The largest absolute Gasteiger partial charge is 0.365 e. The van der Waals surface area contributed by atoms with Gasteiger partial charge in [-0.25, -0.2) is 5.48 Å². The predicted octanol–water partition coefficient (Wildman–Crippen LogP) is 5.67. The van der Waals surface area contributed by atoms with E-state index in [1.165, 1.54) is 56.1 Å². The molecule has 2 aromatic heterocycles. The number of aromatic nitrogens is 2. The van der Waals surface area contributed by atoms with Crippen LogP contribution in [0.5, 0.6) is 0 Å². The van der Waals surface area contributed by atoms with Crippen molar-refractivity contribution < 1.29 is 10.0 Å². The summed E-state index contributed by atoms with van der Waals surface area (Å²) in [6.45, 7) is 8.34. The number of nitrogens with zero attached hydrogens (tertiary/aromatic N) is 1. The Morgan fingerprint density at radius 1 is 1.14 bits per heavy atom. The summed E-state index contributed by atoms with van der Waals surface area (Å²) in [5.74, 6) is -0.524. The van der Waals surface area contributed by atoms with Crippen LogP contribution in [0.1, 0.15) is 57.1 Å². The summed E-state index contributed by atoms with van der Waals surface area (Å²) in [6.07, 6.45) is 10.4. The van der Waals surface area contributed by atoms with E-state index < -0.39 is 5.91 Å². The topological polar surface area (TPSA) is 84.2 Å². The number of carbonyl (C=O) groups is 1. The van der Waals surface area contributed by atoms with Gasteiger partial charge in [0.2, 0.25) is 0 Å². The standard InChI is InChI=1S/C30H34N4O2/c1-19-4-8-25-24(17-32-28(25)14-19)12-13-34(18-27-20(2)16-31-21(27)3)29-10-7-23-15-22(5-9-26(23)29)6-11-30(35)33-36/h4-6,8-9,11,14-17,29,31-32,36H,7,10,12-13,18H2,1-3H3,(H,33,35)/b11-6+. The molecule has 4 aromatic rings. The van der Waals surface area contributed by atoms with E-state index in [-0.39, 0.29) is 0 Å². The van der Waals surface area contributed by atoms with Gasteiger partial charge in [-0.3, -0.25) is 14.9 Å². The minimum Gasteiger partial charge on any atom is -0.365 e. The van der Waals surface area contributed by atoms with E-state index >= 15 is 0 Å². The highest BCUT2D eigenvalue weighted by atomic mass is 16.5. The fourth-order valence-corrected chi connectivity index (χ4v) is 5.56. The van der Waals surface area contributed by atoms with Crippen molar-refractivity contribution in [3.63, 3.8) is 0 Å². The molecule has 0 aliphatic heterocycles. The number of carbonyl (C=O) groups excluding carboxylic acids is 1. The molecule has 1 unspecified atom stereocenters. The summed E-state index contributed by atoms with van der Waals surface area (Å²) < 4.78 is 0. The van der Waals surface area contributed by atoms with Crippen LogP contribution in [0.3, 0.4) is 0 Å². The van der Waals surface area contributed by atoms with Gasteiger partial charge in [-0.05, 0) is 91.1 Å². The van der Waals surface area contributed by atoms with Crippen LogP contribution in [-0.2, 0) is 24.2 Å². The van der Waals surface area contributed by atoms with Gasteiger partial charge in [0.05, 0.1) is 0 Å². The Morgan fingerprint density at radius 3 is 2.78 bits per heavy atom. The number of benzene rings is 2. The number of fused-ring (bicyclic) bond motifs is 2. The summed E-state index contributed by atoms with van der Waals surface area (Å²) >= 11 is 0. The number of aromatic amines is 2. The number of aryl methyl sites for hydroxylation is 4. The van der Waals surface area contributed by atoms with Crippen molar-refractivity contribution in [1.29, 1.82) is 0 Å². The van der Waals surface area contributed by atoms with E-state index in [4.69, 9.17) is 5.21 Å². The Balaban J connectivity index is 1.41. The molecule has 0 fully saturated rings. The smallest absolute Gasteiger partial charge is 0.267 e. The maximum atomic E-state index is 11.4. The average Bonchev–Trinajstić information content (AvgIpc) is 3.57. The number of H-pyrrole nitrogens is 2. The SMILES string of the molecule is Cc1ccc2c(CCN(Cc3c(C)c[nH]c3C)C3CCc4cc(/C=C/C(=O)NO)ccc43)c[nH]c2c1. The lowest BCUT2D eigenvalue weighted by Crippen LogP contribution is -2.29. The maximum Gasteiger partial charge on any atom is 0.267 e. The molecule has 1 aliphatic carbocycles. The van der Waals surface area contributed by atoms with Crippen LogP contribution in [-0.4, -0.2) is 32.5 Å². The van der Waals surface area contributed by atoms with Gasteiger partial charge < -0.3 is 9.97 Å². The van der Waals surface area contributed by atoms with Crippen molar-refractivity contribution in [3.8, 4) is 0 Å². The zero-order chi connectivity index (χ0) is 25.2. The van der Waals surface area contributed by atoms with Gasteiger partial charge in [0.25, 0.3) is 5.91 Å². The van der Waals surface area contributed by atoms with Crippen molar-refractivity contribution in [2.45, 2.75) is 52.6 Å². The fraction of sp³-hybridized carbons (Fsp3) is 0.300. The normalized spacial score (nSPS) is 15.3. The van der Waals surface area contributed by atoms with Gasteiger partial charge in [-0.2, -0.15) is 0 Å². The molecule has 0 saturated carbocycles. The molecule has 0 saturated heterocycles. The third-order valence-electron chi connectivity index (χ3n) is 7.58. The van der Waals surface area contributed by atoms with Crippen LogP contribution < -0.4 is 5.48 Å². The van der Waals surface area contributed by atoms with Crippen molar-refractivity contribution in [1.82, 2.24) is 20.3 Å². The summed E-state index contributed by atoms with van der Waals surface area (Å²) in [6, 6.07) is 13.4. The second-order valence-electron chi connectivity index (χ2n) is 9.98. The summed E-state index contributed by atoms with van der Waals surface area (Å²) in [4.78, 5) is 20.9. The monoisotopic (exact) mass is 482 g/mol. The van der Waals surface area contributed by atoms with E-state index in [0.29, 0.717) is 6.04 Å². The highest BCUT2D eigenvalue weighted by Gasteiger charge is 2.29. The molecule has 36 heavy (non-hydrogen) atoms. The Morgan fingerprint density at radius 2 is 2.00 bits per heavy atom. The first-order valence-electron chi connectivity index (χ1n) is 12.6. The van der Waals surface area contributed by atoms with E-state index in [1.54, 1.807) is 11.6 Å². The lowest BCUT2D eigenvalue weighted by molar-refractivity contribution is -0.124. The Bertz CT molecular complexity index is 1410. The average molecular weight is 483 g/mol. The molecule has 6 heteroatoms. The lowest BCUT2D eigenvalue weighted by atomic mass is 10.0. The minimum atomic E-state index is -0.524. The quantitative estimate of drug-likeness (QED) is 0.148. The van der Waals surface area contributed by atoms with Gasteiger partial charge in [0.15, 0.2) is 0 Å². The molecular formula is C30H34N4O2. The zero-order valence-corrected chi connectivity index (χ0v) is 21.2. The van der Waals surface area contributed by atoms with Crippen molar-refractivity contribution in [2.75, 3.05) is 6.54 Å². The fourth-order valence-electron chi connectivity index (χ4n) is 5.56. The molecule has 1 atom stereocenters.